The quantitative estimate of drug-likeness (QED) is 0.682. The fourth-order valence-corrected chi connectivity index (χ4v) is 3.59. The molecule has 0 unspecified atom stereocenters. The summed E-state index contributed by atoms with van der Waals surface area (Å²) in [6, 6.07) is 16.1. The van der Waals surface area contributed by atoms with E-state index < -0.39 is 17.5 Å². The van der Waals surface area contributed by atoms with Gasteiger partial charge in [0.15, 0.2) is 0 Å². The first-order valence-electron chi connectivity index (χ1n) is 9.51. The van der Waals surface area contributed by atoms with E-state index in [0.717, 1.165) is 16.0 Å². The molecule has 1 heterocycles. The molecule has 0 spiro atoms. The third-order valence-corrected chi connectivity index (χ3v) is 5.36. The van der Waals surface area contributed by atoms with Gasteiger partial charge < -0.3 is 10.6 Å². The summed E-state index contributed by atoms with van der Waals surface area (Å²) < 4.78 is 0. The van der Waals surface area contributed by atoms with E-state index in [-0.39, 0.29) is 18.5 Å². The van der Waals surface area contributed by atoms with E-state index in [2.05, 4.69) is 10.6 Å². The van der Waals surface area contributed by atoms with Gasteiger partial charge >= 0.3 is 6.03 Å². The molecule has 2 aromatic rings. The number of imide groups is 1. The first-order chi connectivity index (χ1) is 13.8. The zero-order valence-electron chi connectivity index (χ0n) is 16.4. The van der Waals surface area contributed by atoms with Gasteiger partial charge in [0.2, 0.25) is 5.91 Å². The fraction of sp³-hybridized carbons (Fsp3) is 0.318. The summed E-state index contributed by atoms with van der Waals surface area (Å²) in [5, 5.41) is 6.12. The number of amides is 4. The number of benzene rings is 2. The number of rotatable bonds is 7. The summed E-state index contributed by atoms with van der Waals surface area (Å²) in [4.78, 5) is 38.6. The lowest BCUT2D eigenvalue weighted by molar-refractivity contribution is -0.134. The van der Waals surface area contributed by atoms with Crippen LogP contribution in [0, 0.1) is 0 Å². The number of nitrogens with one attached hydrogen (secondary N) is 2. The number of urea groups is 1. The molecule has 0 saturated carbocycles. The SMILES string of the molecule is C[C@@H](NC(=O)CN1C(=O)N[C@@](C)(CCc2ccccc2)C1=O)c1cccc(Cl)c1. The van der Waals surface area contributed by atoms with Crippen molar-refractivity contribution in [3.63, 3.8) is 0 Å². The van der Waals surface area contributed by atoms with Crippen LogP contribution in [0.4, 0.5) is 4.79 Å². The maximum Gasteiger partial charge on any atom is 0.325 e. The summed E-state index contributed by atoms with van der Waals surface area (Å²) >= 11 is 5.99. The van der Waals surface area contributed by atoms with E-state index in [1.807, 2.05) is 43.3 Å². The maximum atomic E-state index is 12.8. The molecule has 0 aromatic heterocycles. The first kappa shape index (κ1) is 20.9. The van der Waals surface area contributed by atoms with Gasteiger partial charge in [-0.2, -0.15) is 0 Å². The Hall–Kier alpha value is -2.86. The lowest BCUT2D eigenvalue weighted by atomic mass is 9.93. The van der Waals surface area contributed by atoms with Gasteiger partial charge in [-0.25, -0.2) is 4.79 Å². The van der Waals surface area contributed by atoms with Crippen molar-refractivity contribution in [3.05, 3.63) is 70.7 Å². The minimum atomic E-state index is -1.02. The molecule has 0 radical (unpaired) electrons. The van der Waals surface area contributed by atoms with Crippen LogP contribution in [0.25, 0.3) is 0 Å². The van der Waals surface area contributed by atoms with Crippen molar-refractivity contribution in [2.24, 2.45) is 0 Å². The number of carbonyl (C=O) groups excluding carboxylic acids is 3. The van der Waals surface area contributed by atoms with Gasteiger partial charge in [0.05, 0.1) is 6.04 Å². The molecule has 6 nitrogen and oxygen atoms in total. The standard InChI is InChI=1S/C22H24ClN3O3/c1-15(17-9-6-10-18(23)13-17)24-19(27)14-26-20(28)22(2,25-21(26)29)12-11-16-7-4-3-5-8-16/h3-10,13,15H,11-12,14H2,1-2H3,(H,24,27)(H,25,29)/t15-,22+/m1/s1. The summed E-state index contributed by atoms with van der Waals surface area (Å²) in [6.45, 7) is 3.19. The van der Waals surface area contributed by atoms with Gasteiger partial charge in [0.25, 0.3) is 5.91 Å². The number of hydrogen-bond acceptors (Lipinski definition) is 3. The van der Waals surface area contributed by atoms with Gasteiger partial charge in [-0.3, -0.25) is 14.5 Å². The maximum absolute atomic E-state index is 12.8. The molecule has 1 fully saturated rings. The van der Waals surface area contributed by atoms with Gasteiger partial charge in [0.1, 0.15) is 12.1 Å². The number of halogens is 1. The van der Waals surface area contributed by atoms with Crippen LogP contribution in [0.2, 0.25) is 5.02 Å². The van der Waals surface area contributed by atoms with Crippen LogP contribution in [-0.2, 0) is 16.0 Å². The molecule has 0 aliphatic carbocycles. The smallest absolute Gasteiger partial charge is 0.325 e. The Kier molecular flexibility index (Phi) is 6.23. The predicted octanol–water partition coefficient (Wildman–Crippen LogP) is 3.46. The van der Waals surface area contributed by atoms with Crippen LogP contribution < -0.4 is 10.6 Å². The molecule has 1 saturated heterocycles. The molecule has 4 amide bonds. The van der Waals surface area contributed by atoms with Crippen molar-refractivity contribution < 1.29 is 14.4 Å². The molecular formula is C22H24ClN3O3. The van der Waals surface area contributed by atoms with Crippen molar-refractivity contribution in [1.29, 1.82) is 0 Å². The Balaban J connectivity index is 1.59. The Morgan fingerprint density at radius 1 is 1.17 bits per heavy atom. The Labute approximate surface area is 175 Å². The fourth-order valence-electron chi connectivity index (χ4n) is 3.39. The largest absolute Gasteiger partial charge is 0.348 e. The molecule has 1 aliphatic heterocycles. The summed E-state index contributed by atoms with van der Waals surface area (Å²) in [5.41, 5.74) is 0.907. The van der Waals surface area contributed by atoms with E-state index in [9.17, 15) is 14.4 Å². The molecule has 1 aliphatic rings. The molecule has 2 atom stereocenters. The monoisotopic (exact) mass is 413 g/mol. The summed E-state index contributed by atoms with van der Waals surface area (Å²) in [7, 11) is 0. The Bertz CT molecular complexity index is 919. The van der Waals surface area contributed by atoms with Crippen molar-refractivity contribution in [2.75, 3.05) is 6.54 Å². The summed E-state index contributed by atoms with van der Waals surface area (Å²) in [6.07, 6.45) is 1.10. The van der Waals surface area contributed by atoms with E-state index in [1.165, 1.54) is 0 Å². The van der Waals surface area contributed by atoms with Crippen LogP contribution in [0.3, 0.4) is 0 Å². The average Bonchev–Trinajstić information content (AvgIpc) is 2.90. The molecule has 152 valence electrons. The normalized spacial score (nSPS) is 19.8. The lowest BCUT2D eigenvalue weighted by Gasteiger charge is -2.22. The van der Waals surface area contributed by atoms with Crippen molar-refractivity contribution in [3.8, 4) is 0 Å². The molecule has 2 N–H and O–H groups in total. The van der Waals surface area contributed by atoms with Crippen LogP contribution >= 0.6 is 11.6 Å². The third-order valence-electron chi connectivity index (χ3n) is 5.13. The zero-order valence-corrected chi connectivity index (χ0v) is 17.2. The van der Waals surface area contributed by atoms with E-state index in [4.69, 9.17) is 11.6 Å². The highest BCUT2D eigenvalue weighted by Gasteiger charge is 2.47. The molecule has 2 aromatic carbocycles. The second kappa shape index (κ2) is 8.66. The predicted molar refractivity (Wildman–Crippen MR) is 111 cm³/mol. The average molecular weight is 414 g/mol. The molecular weight excluding hydrogens is 390 g/mol. The Morgan fingerprint density at radius 2 is 1.90 bits per heavy atom. The lowest BCUT2D eigenvalue weighted by Crippen LogP contribution is -2.45. The second-order valence-electron chi connectivity index (χ2n) is 7.48. The number of carbonyl (C=O) groups is 3. The van der Waals surface area contributed by atoms with Gasteiger partial charge in [-0.1, -0.05) is 54.1 Å². The molecule has 29 heavy (non-hydrogen) atoms. The molecule has 3 rings (SSSR count). The van der Waals surface area contributed by atoms with Gasteiger partial charge in [-0.15, -0.1) is 0 Å². The van der Waals surface area contributed by atoms with E-state index >= 15 is 0 Å². The molecule has 7 heteroatoms. The molecule has 0 bridgehead atoms. The van der Waals surface area contributed by atoms with E-state index in [0.29, 0.717) is 17.9 Å². The second-order valence-corrected chi connectivity index (χ2v) is 7.92. The Morgan fingerprint density at radius 3 is 2.59 bits per heavy atom. The van der Waals surface area contributed by atoms with Crippen molar-refractivity contribution in [2.45, 2.75) is 38.3 Å². The van der Waals surface area contributed by atoms with Gasteiger partial charge in [0, 0.05) is 5.02 Å². The van der Waals surface area contributed by atoms with E-state index in [1.54, 1.807) is 25.1 Å². The minimum absolute atomic E-state index is 0.300. The van der Waals surface area contributed by atoms with Crippen LogP contribution in [0.15, 0.2) is 54.6 Å². The van der Waals surface area contributed by atoms with Crippen LogP contribution in [0.1, 0.15) is 37.4 Å². The highest BCUT2D eigenvalue weighted by Crippen LogP contribution is 2.23. The minimum Gasteiger partial charge on any atom is -0.348 e. The van der Waals surface area contributed by atoms with Crippen molar-refractivity contribution >= 4 is 29.4 Å². The topological polar surface area (TPSA) is 78.5 Å². The first-order valence-corrected chi connectivity index (χ1v) is 9.89. The number of aryl methyl sites for hydroxylation is 1. The van der Waals surface area contributed by atoms with Gasteiger partial charge in [-0.05, 0) is 49.9 Å². The number of nitrogens with zero attached hydrogens (tertiary/aromatic N) is 1. The summed E-state index contributed by atoms with van der Waals surface area (Å²) in [5.74, 6) is -0.794. The van der Waals surface area contributed by atoms with Crippen LogP contribution in [-0.4, -0.2) is 34.8 Å². The van der Waals surface area contributed by atoms with Crippen LogP contribution in [0.5, 0.6) is 0 Å². The third kappa shape index (κ3) is 4.95. The number of hydrogen-bond donors (Lipinski definition) is 2. The zero-order chi connectivity index (χ0) is 21.0. The van der Waals surface area contributed by atoms with Crippen molar-refractivity contribution in [1.82, 2.24) is 15.5 Å². The highest BCUT2D eigenvalue weighted by atomic mass is 35.5. The highest BCUT2D eigenvalue weighted by molar-refractivity contribution is 6.30.